The maximum atomic E-state index is 11.8. The minimum absolute atomic E-state index is 0.162. The van der Waals surface area contributed by atoms with Crippen molar-refractivity contribution in [3.8, 4) is 6.07 Å². The monoisotopic (exact) mass is 340 g/mol. The van der Waals surface area contributed by atoms with Crippen LogP contribution >= 0.6 is 0 Å². The molecule has 0 saturated heterocycles. The lowest BCUT2D eigenvalue weighted by molar-refractivity contribution is -0.136. The van der Waals surface area contributed by atoms with E-state index in [1.54, 1.807) is 12.1 Å². The number of H-pyrrole nitrogens is 1. The predicted molar refractivity (Wildman–Crippen MR) is 93.5 cm³/mol. The normalized spacial score (nSPS) is 10.1. The molecule has 0 aliphatic heterocycles. The van der Waals surface area contributed by atoms with E-state index in [1.807, 2.05) is 25.1 Å². The molecule has 0 radical (unpaired) electrons. The van der Waals surface area contributed by atoms with Crippen molar-refractivity contribution in [1.29, 1.82) is 5.26 Å². The quantitative estimate of drug-likeness (QED) is 0.461. The Hall–Kier alpha value is -3.34. The van der Waals surface area contributed by atoms with Crippen molar-refractivity contribution in [2.24, 2.45) is 0 Å². The van der Waals surface area contributed by atoms with Crippen molar-refractivity contribution in [3.63, 3.8) is 0 Å². The van der Waals surface area contributed by atoms with Crippen molar-refractivity contribution in [3.05, 3.63) is 41.1 Å². The van der Waals surface area contributed by atoms with Crippen LogP contribution in [-0.4, -0.2) is 28.6 Å². The van der Waals surface area contributed by atoms with E-state index in [2.05, 4.69) is 20.8 Å². The van der Waals surface area contributed by atoms with E-state index in [1.165, 1.54) is 0 Å². The number of carbonyl (C=O) groups excluding carboxylic acids is 2. The van der Waals surface area contributed by atoms with E-state index >= 15 is 0 Å². The number of benzene rings is 1. The van der Waals surface area contributed by atoms with Gasteiger partial charge in [-0.25, -0.2) is 0 Å². The van der Waals surface area contributed by atoms with Crippen LogP contribution < -0.4 is 16.4 Å². The van der Waals surface area contributed by atoms with Gasteiger partial charge in [-0.2, -0.15) is 10.4 Å². The molecule has 130 valence electrons. The van der Waals surface area contributed by atoms with Gasteiger partial charge in [0.05, 0.1) is 5.69 Å². The summed E-state index contributed by atoms with van der Waals surface area (Å²) < 4.78 is 0. The first-order valence-electron chi connectivity index (χ1n) is 7.96. The highest BCUT2D eigenvalue weighted by molar-refractivity contribution is 6.39. The molecule has 1 aromatic heterocycles. The Labute approximate surface area is 145 Å². The number of nitriles is 1. The third-order valence-electron chi connectivity index (χ3n) is 3.70. The molecule has 2 aromatic rings. The number of hydrogen-bond acceptors (Lipinski definition) is 5. The first-order valence-corrected chi connectivity index (χ1v) is 7.96. The van der Waals surface area contributed by atoms with Gasteiger partial charge in [0.2, 0.25) is 0 Å². The molecular weight excluding hydrogens is 320 g/mol. The third-order valence-corrected chi connectivity index (χ3v) is 3.70. The zero-order chi connectivity index (χ0) is 18.2. The van der Waals surface area contributed by atoms with E-state index in [9.17, 15) is 9.59 Å². The number of nitrogens with two attached hydrogens (primary N) is 1. The second kappa shape index (κ2) is 8.49. The van der Waals surface area contributed by atoms with Gasteiger partial charge < -0.3 is 16.4 Å². The predicted octanol–water partition coefficient (Wildman–Crippen LogP) is 1.11. The highest BCUT2D eigenvalue weighted by atomic mass is 16.2. The van der Waals surface area contributed by atoms with Crippen LogP contribution in [0.5, 0.6) is 0 Å². The number of nitrogen functional groups attached to an aromatic ring is 1. The number of hydrogen-bond donors (Lipinski definition) is 4. The maximum Gasteiger partial charge on any atom is 0.313 e. The minimum Gasteiger partial charge on any atom is -0.381 e. The van der Waals surface area contributed by atoms with E-state index in [-0.39, 0.29) is 5.82 Å². The summed E-state index contributed by atoms with van der Waals surface area (Å²) >= 11 is 0. The van der Waals surface area contributed by atoms with Gasteiger partial charge in [0.15, 0.2) is 5.82 Å². The molecule has 0 saturated carbocycles. The van der Waals surface area contributed by atoms with Crippen molar-refractivity contribution in [1.82, 2.24) is 15.5 Å². The summed E-state index contributed by atoms with van der Waals surface area (Å²) in [5.41, 5.74) is 8.21. The average molecular weight is 340 g/mol. The van der Waals surface area contributed by atoms with Crippen molar-refractivity contribution >= 4 is 23.3 Å². The summed E-state index contributed by atoms with van der Waals surface area (Å²) in [6.07, 6.45) is 1.94. The second-order valence-corrected chi connectivity index (χ2v) is 5.44. The number of rotatable bonds is 6. The van der Waals surface area contributed by atoms with E-state index in [0.29, 0.717) is 36.3 Å². The Morgan fingerprint density at radius 2 is 2.00 bits per heavy atom. The largest absolute Gasteiger partial charge is 0.381 e. The Balaban J connectivity index is 1.75. The molecular formula is C17H20N6O2. The number of carbonyl (C=O) groups is 2. The van der Waals surface area contributed by atoms with Crippen LogP contribution in [0.3, 0.4) is 0 Å². The van der Waals surface area contributed by atoms with Gasteiger partial charge in [-0.05, 0) is 37.0 Å². The van der Waals surface area contributed by atoms with Crippen LogP contribution in [0.15, 0.2) is 24.3 Å². The van der Waals surface area contributed by atoms with Crippen LogP contribution in [0, 0.1) is 11.3 Å². The van der Waals surface area contributed by atoms with Gasteiger partial charge in [-0.15, -0.1) is 0 Å². The fraction of sp³-hybridized carbons (Fsp3) is 0.294. The second-order valence-electron chi connectivity index (χ2n) is 5.44. The zero-order valence-electron chi connectivity index (χ0n) is 13.9. The number of aromatic nitrogens is 2. The molecule has 0 aliphatic carbocycles. The molecule has 0 unspecified atom stereocenters. The number of amides is 2. The lowest BCUT2D eigenvalue weighted by atomic mass is 10.1. The highest BCUT2D eigenvalue weighted by Crippen LogP contribution is 2.13. The number of nitrogens with zero attached hydrogens (tertiary/aromatic N) is 2. The molecule has 8 nitrogen and oxygen atoms in total. The highest BCUT2D eigenvalue weighted by Gasteiger charge is 2.14. The third kappa shape index (κ3) is 4.81. The average Bonchev–Trinajstić information content (AvgIpc) is 2.98. The number of anilines is 2. The molecule has 1 heterocycles. The Bertz CT molecular complexity index is 788. The van der Waals surface area contributed by atoms with Crippen LogP contribution in [0.2, 0.25) is 0 Å². The molecule has 0 spiro atoms. The Kier molecular flexibility index (Phi) is 6.12. The minimum atomic E-state index is -0.715. The van der Waals surface area contributed by atoms with Gasteiger partial charge in [-0.1, -0.05) is 19.1 Å². The van der Waals surface area contributed by atoms with Gasteiger partial charge in [0, 0.05) is 12.2 Å². The molecule has 25 heavy (non-hydrogen) atoms. The van der Waals surface area contributed by atoms with Crippen molar-refractivity contribution in [2.45, 2.75) is 26.2 Å². The fourth-order valence-electron chi connectivity index (χ4n) is 2.26. The van der Waals surface area contributed by atoms with Crippen LogP contribution in [-0.2, 0) is 22.4 Å². The molecule has 2 rings (SSSR count). The SMILES string of the molecule is CCc1ccc(NC(=O)C(=O)NCCCc2[nH]nc(N)c2C#N)cc1. The number of nitrogens with one attached hydrogen (secondary N) is 3. The summed E-state index contributed by atoms with van der Waals surface area (Å²) in [6, 6.07) is 9.30. The summed E-state index contributed by atoms with van der Waals surface area (Å²) in [4.78, 5) is 23.6. The molecule has 0 aliphatic rings. The number of aromatic amines is 1. The van der Waals surface area contributed by atoms with Crippen molar-refractivity contribution < 1.29 is 9.59 Å². The zero-order valence-corrected chi connectivity index (χ0v) is 13.9. The smallest absolute Gasteiger partial charge is 0.313 e. The van der Waals surface area contributed by atoms with Gasteiger partial charge in [-0.3, -0.25) is 14.7 Å². The van der Waals surface area contributed by atoms with Gasteiger partial charge in [0.25, 0.3) is 0 Å². The van der Waals surface area contributed by atoms with Gasteiger partial charge in [0.1, 0.15) is 11.6 Å². The summed E-state index contributed by atoms with van der Waals surface area (Å²) in [7, 11) is 0. The van der Waals surface area contributed by atoms with Crippen molar-refractivity contribution in [2.75, 3.05) is 17.6 Å². The summed E-state index contributed by atoms with van der Waals surface area (Å²) in [5.74, 6) is -1.26. The topological polar surface area (TPSA) is 137 Å². The van der Waals surface area contributed by atoms with E-state index in [4.69, 9.17) is 11.0 Å². The Morgan fingerprint density at radius 1 is 1.28 bits per heavy atom. The van der Waals surface area contributed by atoms with E-state index < -0.39 is 11.8 Å². The lowest BCUT2D eigenvalue weighted by Crippen LogP contribution is -2.36. The first-order chi connectivity index (χ1) is 12.0. The maximum absolute atomic E-state index is 11.8. The number of aryl methyl sites for hydroxylation is 2. The summed E-state index contributed by atoms with van der Waals surface area (Å²) in [5, 5.41) is 20.5. The fourth-order valence-corrected chi connectivity index (χ4v) is 2.26. The molecule has 1 aromatic carbocycles. The summed E-state index contributed by atoms with van der Waals surface area (Å²) in [6.45, 7) is 2.34. The lowest BCUT2D eigenvalue weighted by Gasteiger charge is -2.07. The molecule has 8 heteroatoms. The van der Waals surface area contributed by atoms with Gasteiger partial charge >= 0.3 is 11.8 Å². The molecule has 0 bridgehead atoms. The van der Waals surface area contributed by atoms with Crippen LogP contribution in [0.4, 0.5) is 11.5 Å². The van der Waals surface area contributed by atoms with E-state index in [0.717, 1.165) is 12.0 Å². The molecule has 5 N–H and O–H groups in total. The van der Waals surface area contributed by atoms with Crippen LogP contribution in [0.1, 0.15) is 30.2 Å². The molecule has 0 atom stereocenters. The molecule has 0 fully saturated rings. The Morgan fingerprint density at radius 3 is 2.64 bits per heavy atom. The first kappa shape index (κ1) is 18.0. The van der Waals surface area contributed by atoms with Crippen LogP contribution in [0.25, 0.3) is 0 Å². The standard InChI is InChI=1S/C17H20N6O2/c1-2-11-5-7-12(8-6-11)21-17(25)16(24)20-9-3-4-14-13(10-18)15(19)23-22-14/h5-8H,2-4,9H2,1H3,(H,20,24)(H,21,25)(H3,19,22,23). The molecule has 2 amide bonds.